The van der Waals surface area contributed by atoms with Crippen LogP contribution in [0.4, 0.5) is 0 Å². The molecule has 2 heteroatoms. The first-order valence-electron chi connectivity index (χ1n) is 2.84. The van der Waals surface area contributed by atoms with Crippen LogP contribution in [-0.4, -0.2) is 6.16 Å². The Bertz CT molecular complexity index is 30.0. The molecule has 0 aromatic heterocycles. The van der Waals surface area contributed by atoms with Gasteiger partial charge in [0.05, 0.1) is 0 Å². The summed E-state index contributed by atoms with van der Waals surface area (Å²) >= 11 is 0. The quantitative estimate of drug-likeness (QED) is 0.553. The van der Waals surface area contributed by atoms with Crippen molar-refractivity contribution in [3.63, 3.8) is 0 Å². The molecule has 0 aliphatic carbocycles. The van der Waals surface area contributed by atoms with Crippen molar-refractivity contribution in [1.82, 2.24) is 0 Å². The van der Waals surface area contributed by atoms with Gasteiger partial charge < -0.3 is 6.92 Å². The van der Waals surface area contributed by atoms with E-state index in [0.29, 0.717) is 0 Å². The summed E-state index contributed by atoms with van der Waals surface area (Å²) in [4.78, 5) is 0. The standard InChI is InChI=1S/C6H14P.W/c1-3-6(4-2)5-7;/h6H,1,3-5,7H2,2H3;/q-1;. The number of hydrogen-bond donors (Lipinski definition) is 0. The van der Waals surface area contributed by atoms with Gasteiger partial charge >= 0.3 is 0 Å². The predicted octanol–water partition coefficient (Wildman–Crippen LogP) is 2.11. The van der Waals surface area contributed by atoms with Gasteiger partial charge in [-0.25, -0.2) is 0 Å². The average molecular weight is 301 g/mol. The maximum Gasteiger partial charge on any atom is 0 e. The fourth-order valence-corrected chi connectivity index (χ4v) is 1.06. The maximum absolute atomic E-state index is 3.81. The molecule has 0 saturated heterocycles. The van der Waals surface area contributed by atoms with E-state index in [0.717, 1.165) is 12.3 Å². The zero-order valence-electron chi connectivity index (χ0n) is 5.39. The van der Waals surface area contributed by atoms with Crippen molar-refractivity contribution in [3.05, 3.63) is 6.92 Å². The van der Waals surface area contributed by atoms with E-state index in [1.54, 1.807) is 0 Å². The maximum atomic E-state index is 3.81. The largest absolute Gasteiger partial charge is 0.343 e. The van der Waals surface area contributed by atoms with Crippen LogP contribution in [0.25, 0.3) is 0 Å². The van der Waals surface area contributed by atoms with Crippen molar-refractivity contribution in [3.8, 4) is 0 Å². The SMILES string of the molecule is [CH2-]CC(CC)CP.[W]. The zero-order chi connectivity index (χ0) is 5.70. The van der Waals surface area contributed by atoms with Crippen molar-refractivity contribution < 1.29 is 21.1 Å². The van der Waals surface area contributed by atoms with E-state index >= 15 is 0 Å². The van der Waals surface area contributed by atoms with Gasteiger partial charge in [0.15, 0.2) is 0 Å². The van der Waals surface area contributed by atoms with E-state index in [-0.39, 0.29) is 21.1 Å². The van der Waals surface area contributed by atoms with Gasteiger partial charge in [-0.3, -0.25) is 0 Å². The molecule has 0 aromatic rings. The third kappa shape index (κ3) is 5.26. The van der Waals surface area contributed by atoms with Crippen LogP contribution in [0.1, 0.15) is 19.8 Å². The summed E-state index contributed by atoms with van der Waals surface area (Å²) in [5, 5.41) is 0. The van der Waals surface area contributed by atoms with Crippen molar-refractivity contribution in [2.75, 3.05) is 6.16 Å². The molecule has 0 heterocycles. The molecular weight excluding hydrogens is 287 g/mol. The third-order valence-corrected chi connectivity index (χ3v) is 1.99. The number of hydrogen-bond acceptors (Lipinski definition) is 0. The van der Waals surface area contributed by atoms with E-state index in [9.17, 15) is 0 Å². The molecule has 0 saturated carbocycles. The summed E-state index contributed by atoms with van der Waals surface area (Å²) in [6.07, 6.45) is 3.56. The van der Waals surface area contributed by atoms with Crippen LogP contribution in [0, 0.1) is 12.8 Å². The van der Waals surface area contributed by atoms with Gasteiger partial charge in [0.25, 0.3) is 0 Å². The van der Waals surface area contributed by atoms with Crippen molar-refractivity contribution >= 4 is 9.24 Å². The minimum absolute atomic E-state index is 0. The minimum atomic E-state index is 0. The van der Waals surface area contributed by atoms with Crippen LogP contribution in [-0.2, 0) is 21.1 Å². The summed E-state index contributed by atoms with van der Waals surface area (Å²) < 4.78 is 0. The van der Waals surface area contributed by atoms with Crippen LogP contribution in [0.2, 0.25) is 0 Å². The smallest absolute Gasteiger partial charge is 0 e. The molecule has 0 aliphatic heterocycles. The molecular formula is C6H14PW-. The predicted molar refractivity (Wildman–Crippen MR) is 38.3 cm³/mol. The first-order chi connectivity index (χ1) is 3.35. The molecule has 2 atom stereocenters. The molecule has 0 bridgehead atoms. The molecule has 0 radical (unpaired) electrons. The molecule has 0 aliphatic rings. The molecule has 0 rings (SSSR count). The molecule has 0 amide bonds. The van der Waals surface area contributed by atoms with E-state index in [4.69, 9.17) is 0 Å². The molecule has 0 spiro atoms. The Hall–Kier alpha value is 1.12. The molecule has 0 nitrogen and oxygen atoms in total. The Labute approximate surface area is 69.3 Å². The van der Waals surface area contributed by atoms with E-state index in [2.05, 4.69) is 23.1 Å². The van der Waals surface area contributed by atoms with Gasteiger partial charge in [0.1, 0.15) is 0 Å². The first kappa shape index (κ1) is 11.9. The molecule has 8 heavy (non-hydrogen) atoms. The molecule has 2 unspecified atom stereocenters. The average Bonchev–Trinajstić information content (AvgIpc) is 1.72. The van der Waals surface area contributed by atoms with Gasteiger partial charge in [-0.1, -0.05) is 19.3 Å². The third-order valence-electron chi connectivity index (χ3n) is 1.32. The van der Waals surface area contributed by atoms with Crippen molar-refractivity contribution in [2.24, 2.45) is 5.92 Å². The molecule has 50 valence electrons. The molecule has 0 N–H and O–H groups in total. The second-order valence-corrected chi connectivity index (χ2v) is 2.27. The van der Waals surface area contributed by atoms with Crippen molar-refractivity contribution in [2.45, 2.75) is 19.8 Å². The van der Waals surface area contributed by atoms with Gasteiger partial charge in [0, 0.05) is 21.1 Å². The van der Waals surface area contributed by atoms with E-state index < -0.39 is 0 Å². The second-order valence-electron chi connectivity index (χ2n) is 1.80. The fourth-order valence-electron chi connectivity index (χ4n) is 0.489. The van der Waals surface area contributed by atoms with Crippen LogP contribution < -0.4 is 0 Å². The van der Waals surface area contributed by atoms with Crippen LogP contribution in [0.3, 0.4) is 0 Å². The van der Waals surface area contributed by atoms with Gasteiger partial charge in [0.2, 0.25) is 0 Å². The second kappa shape index (κ2) is 8.12. The Balaban J connectivity index is 0. The normalized spacial score (nSPS) is 12.4. The monoisotopic (exact) mass is 301 g/mol. The minimum Gasteiger partial charge on any atom is -0.343 e. The molecule has 0 fully saturated rings. The van der Waals surface area contributed by atoms with Crippen LogP contribution >= 0.6 is 9.24 Å². The zero-order valence-corrected chi connectivity index (χ0v) is 9.48. The van der Waals surface area contributed by atoms with Crippen LogP contribution in [0.5, 0.6) is 0 Å². The summed E-state index contributed by atoms with van der Waals surface area (Å²) in [5.74, 6) is 0.838. The Morgan fingerprint density at radius 1 is 1.62 bits per heavy atom. The summed E-state index contributed by atoms with van der Waals surface area (Å²) in [7, 11) is 2.74. The van der Waals surface area contributed by atoms with E-state index in [1.165, 1.54) is 12.6 Å². The summed E-state index contributed by atoms with van der Waals surface area (Å²) in [6, 6.07) is 0. The summed E-state index contributed by atoms with van der Waals surface area (Å²) in [6.45, 7) is 6.02. The Morgan fingerprint density at radius 2 is 2.12 bits per heavy atom. The first-order valence-corrected chi connectivity index (χ1v) is 3.66. The van der Waals surface area contributed by atoms with Crippen molar-refractivity contribution in [1.29, 1.82) is 0 Å². The number of rotatable bonds is 3. The van der Waals surface area contributed by atoms with Crippen LogP contribution in [0.15, 0.2) is 0 Å². The topological polar surface area (TPSA) is 0 Å². The van der Waals surface area contributed by atoms with Gasteiger partial charge in [-0.2, -0.15) is 6.42 Å². The fraction of sp³-hybridized carbons (Fsp3) is 0.833. The van der Waals surface area contributed by atoms with Gasteiger partial charge in [-0.15, -0.1) is 9.24 Å². The molecule has 0 aromatic carbocycles. The Kier molecular flexibility index (Phi) is 12.0. The van der Waals surface area contributed by atoms with Gasteiger partial charge in [-0.05, 0) is 6.16 Å². The Morgan fingerprint density at radius 3 is 2.12 bits per heavy atom. The summed E-state index contributed by atoms with van der Waals surface area (Å²) in [5.41, 5.74) is 0. The van der Waals surface area contributed by atoms with E-state index in [1.807, 2.05) is 0 Å².